The van der Waals surface area contributed by atoms with E-state index in [2.05, 4.69) is 20.5 Å². The van der Waals surface area contributed by atoms with Gasteiger partial charge in [0.15, 0.2) is 0 Å². The first-order valence-corrected chi connectivity index (χ1v) is 9.58. The van der Waals surface area contributed by atoms with Crippen LogP contribution in [0.25, 0.3) is 16.6 Å². The van der Waals surface area contributed by atoms with E-state index in [1.807, 2.05) is 43.3 Å². The van der Waals surface area contributed by atoms with Crippen LogP contribution >= 0.6 is 11.8 Å². The summed E-state index contributed by atoms with van der Waals surface area (Å²) in [7, 11) is 3.34. The summed E-state index contributed by atoms with van der Waals surface area (Å²) in [5.74, 6) is 1.78. The topological polar surface area (TPSA) is 87.7 Å². The summed E-state index contributed by atoms with van der Waals surface area (Å²) in [5, 5.41) is 13.2. The predicted octanol–water partition coefficient (Wildman–Crippen LogP) is 2.52. The van der Waals surface area contributed by atoms with Crippen molar-refractivity contribution in [3.63, 3.8) is 0 Å². The van der Waals surface area contributed by atoms with Gasteiger partial charge in [-0.2, -0.15) is 4.68 Å². The molecule has 9 heteroatoms. The fraction of sp³-hybridized carbons (Fsp3) is 0.211. The molecule has 28 heavy (non-hydrogen) atoms. The molecule has 4 rings (SSSR count). The molecule has 0 spiro atoms. The van der Waals surface area contributed by atoms with Crippen molar-refractivity contribution in [2.45, 2.75) is 17.8 Å². The van der Waals surface area contributed by atoms with Crippen molar-refractivity contribution in [3.8, 4) is 11.4 Å². The lowest BCUT2D eigenvalue weighted by atomic mass is 10.2. The van der Waals surface area contributed by atoms with E-state index in [4.69, 9.17) is 4.74 Å². The van der Waals surface area contributed by atoms with Gasteiger partial charge in [0, 0.05) is 7.05 Å². The second kappa shape index (κ2) is 7.43. The molecule has 0 saturated carbocycles. The SMILES string of the molecule is COc1ccc(C)cc1-n1nnnc1SCc1nc2ccccc2c(=O)n1C. The highest BCUT2D eigenvalue weighted by Crippen LogP contribution is 2.28. The Morgan fingerprint density at radius 1 is 1.18 bits per heavy atom. The highest BCUT2D eigenvalue weighted by atomic mass is 32.2. The largest absolute Gasteiger partial charge is 0.494 e. The van der Waals surface area contributed by atoms with Gasteiger partial charge in [0.05, 0.1) is 23.8 Å². The van der Waals surface area contributed by atoms with Gasteiger partial charge in [-0.3, -0.25) is 9.36 Å². The number of ether oxygens (including phenoxy) is 1. The number of aryl methyl sites for hydroxylation is 1. The molecule has 0 aliphatic carbocycles. The van der Waals surface area contributed by atoms with Gasteiger partial charge in [-0.15, -0.1) is 5.10 Å². The monoisotopic (exact) mass is 394 g/mol. The number of hydrogen-bond acceptors (Lipinski definition) is 7. The van der Waals surface area contributed by atoms with Gasteiger partial charge in [0.2, 0.25) is 5.16 Å². The zero-order valence-electron chi connectivity index (χ0n) is 15.7. The molecule has 2 aromatic heterocycles. The third-order valence-corrected chi connectivity index (χ3v) is 5.32. The molecule has 4 aromatic rings. The number of aromatic nitrogens is 6. The number of tetrazole rings is 1. The molecule has 0 radical (unpaired) electrons. The standard InChI is InChI=1S/C19H18N6O2S/c1-12-8-9-16(27-3)15(10-12)25-19(21-22-23-25)28-11-17-20-14-7-5-4-6-13(14)18(26)24(17)2/h4-10H,11H2,1-3H3. The van der Waals surface area contributed by atoms with Gasteiger partial charge in [0.1, 0.15) is 17.3 Å². The fourth-order valence-electron chi connectivity index (χ4n) is 2.91. The minimum Gasteiger partial charge on any atom is -0.494 e. The first kappa shape index (κ1) is 18.2. The van der Waals surface area contributed by atoms with Crippen molar-refractivity contribution in [1.82, 2.24) is 29.8 Å². The maximum Gasteiger partial charge on any atom is 0.261 e. The van der Waals surface area contributed by atoms with Crippen molar-refractivity contribution in [1.29, 1.82) is 0 Å². The van der Waals surface area contributed by atoms with E-state index in [1.54, 1.807) is 29.5 Å². The van der Waals surface area contributed by atoms with E-state index >= 15 is 0 Å². The lowest BCUT2D eigenvalue weighted by Crippen LogP contribution is -2.22. The average molecular weight is 394 g/mol. The van der Waals surface area contributed by atoms with E-state index in [-0.39, 0.29) is 5.56 Å². The molecule has 0 fully saturated rings. The number of methoxy groups -OCH3 is 1. The third kappa shape index (κ3) is 3.24. The van der Waals surface area contributed by atoms with Gasteiger partial charge in [-0.1, -0.05) is 30.0 Å². The summed E-state index contributed by atoms with van der Waals surface area (Å²) in [6.07, 6.45) is 0. The summed E-state index contributed by atoms with van der Waals surface area (Å²) < 4.78 is 8.64. The molecule has 0 N–H and O–H groups in total. The Morgan fingerprint density at radius 2 is 2.00 bits per heavy atom. The highest BCUT2D eigenvalue weighted by molar-refractivity contribution is 7.98. The second-order valence-corrected chi connectivity index (χ2v) is 7.19. The summed E-state index contributed by atoms with van der Waals surface area (Å²) in [5.41, 5.74) is 2.44. The van der Waals surface area contributed by atoms with Crippen LogP contribution in [0.3, 0.4) is 0 Å². The molecule has 0 amide bonds. The van der Waals surface area contributed by atoms with Crippen LogP contribution in [0.4, 0.5) is 0 Å². The lowest BCUT2D eigenvalue weighted by molar-refractivity contribution is 0.410. The molecule has 0 aliphatic heterocycles. The van der Waals surface area contributed by atoms with Crippen molar-refractivity contribution < 1.29 is 4.74 Å². The van der Waals surface area contributed by atoms with Crippen LogP contribution in [0.2, 0.25) is 0 Å². The Hall–Kier alpha value is -3.20. The number of benzene rings is 2. The van der Waals surface area contributed by atoms with Crippen LogP contribution < -0.4 is 10.3 Å². The van der Waals surface area contributed by atoms with E-state index in [0.717, 1.165) is 11.3 Å². The molecule has 0 atom stereocenters. The molecule has 142 valence electrons. The maximum absolute atomic E-state index is 12.6. The first-order chi connectivity index (χ1) is 13.6. The Bertz CT molecular complexity index is 1220. The Balaban J connectivity index is 1.67. The number of para-hydroxylation sites is 1. The maximum atomic E-state index is 12.6. The van der Waals surface area contributed by atoms with Crippen LogP contribution in [0.1, 0.15) is 11.4 Å². The summed E-state index contributed by atoms with van der Waals surface area (Å²) >= 11 is 1.41. The smallest absolute Gasteiger partial charge is 0.261 e. The number of thioether (sulfide) groups is 1. The van der Waals surface area contributed by atoms with Crippen LogP contribution in [-0.4, -0.2) is 36.9 Å². The van der Waals surface area contributed by atoms with E-state index in [1.165, 1.54) is 11.8 Å². The zero-order chi connectivity index (χ0) is 19.7. The van der Waals surface area contributed by atoms with Gasteiger partial charge in [-0.05, 0) is 47.2 Å². The molecule has 2 aromatic carbocycles. The average Bonchev–Trinajstić information content (AvgIpc) is 3.18. The van der Waals surface area contributed by atoms with E-state index in [9.17, 15) is 4.79 Å². The molecular formula is C19H18N6O2S. The summed E-state index contributed by atoms with van der Waals surface area (Å²) in [6, 6.07) is 13.1. The summed E-state index contributed by atoms with van der Waals surface area (Å²) in [6.45, 7) is 1.99. The normalized spacial score (nSPS) is 11.1. The number of fused-ring (bicyclic) bond motifs is 1. The van der Waals surface area contributed by atoms with E-state index in [0.29, 0.717) is 33.4 Å². The molecule has 0 bridgehead atoms. The minimum absolute atomic E-state index is 0.0684. The number of rotatable bonds is 5. The second-order valence-electron chi connectivity index (χ2n) is 6.25. The number of hydrogen-bond donors (Lipinski definition) is 0. The van der Waals surface area contributed by atoms with E-state index < -0.39 is 0 Å². The van der Waals surface area contributed by atoms with Crippen molar-refractivity contribution in [3.05, 3.63) is 64.2 Å². The van der Waals surface area contributed by atoms with Gasteiger partial charge in [0.25, 0.3) is 5.56 Å². The first-order valence-electron chi connectivity index (χ1n) is 8.59. The zero-order valence-corrected chi connectivity index (χ0v) is 16.5. The molecule has 0 unspecified atom stereocenters. The van der Waals surface area contributed by atoms with Crippen molar-refractivity contribution in [2.75, 3.05) is 7.11 Å². The molecule has 2 heterocycles. The lowest BCUT2D eigenvalue weighted by Gasteiger charge is -2.11. The molecular weight excluding hydrogens is 376 g/mol. The molecule has 8 nitrogen and oxygen atoms in total. The van der Waals surface area contributed by atoms with Crippen LogP contribution in [0, 0.1) is 6.92 Å². The van der Waals surface area contributed by atoms with Crippen LogP contribution in [0.15, 0.2) is 52.4 Å². The van der Waals surface area contributed by atoms with Gasteiger partial charge >= 0.3 is 0 Å². The quantitative estimate of drug-likeness (QED) is 0.481. The molecule has 0 saturated heterocycles. The Kier molecular flexibility index (Phi) is 4.82. The van der Waals surface area contributed by atoms with Gasteiger partial charge < -0.3 is 4.74 Å². The van der Waals surface area contributed by atoms with Crippen molar-refractivity contribution in [2.24, 2.45) is 7.05 Å². The Labute approximate surface area is 165 Å². The number of nitrogens with zero attached hydrogens (tertiary/aromatic N) is 6. The summed E-state index contributed by atoms with van der Waals surface area (Å²) in [4.78, 5) is 17.2. The van der Waals surface area contributed by atoms with Crippen LogP contribution in [-0.2, 0) is 12.8 Å². The van der Waals surface area contributed by atoms with Crippen molar-refractivity contribution >= 4 is 22.7 Å². The van der Waals surface area contributed by atoms with Gasteiger partial charge in [-0.25, -0.2) is 4.98 Å². The van der Waals surface area contributed by atoms with Crippen LogP contribution in [0.5, 0.6) is 5.75 Å². The molecule has 0 aliphatic rings. The predicted molar refractivity (Wildman–Crippen MR) is 107 cm³/mol. The fourth-order valence-corrected chi connectivity index (χ4v) is 3.78. The Morgan fingerprint density at radius 3 is 2.82 bits per heavy atom. The third-order valence-electron chi connectivity index (χ3n) is 4.41. The highest BCUT2D eigenvalue weighted by Gasteiger charge is 2.15. The minimum atomic E-state index is -0.0684.